The number of nitrogens with one attached hydrogen (secondary N) is 2. The van der Waals surface area contributed by atoms with Crippen LogP contribution in [0.2, 0.25) is 5.02 Å². The van der Waals surface area contributed by atoms with Gasteiger partial charge < -0.3 is 10.6 Å². The highest BCUT2D eigenvalue weighted by molar-refractivity contribution is 6.30. The number of hydrogen-bond donors (Lipinski definition) is 2. The van der Waals surface area contributed by atoms with Crippen LogP contribution < -0.4 is 10.6 Å². The molecule has 2 N–H and O–H groups in total. The van der Waals surface area contributed by atoms with Gasteiger partial charge in [0.1, 0.15) is 11.6 Å². The SMILES string of the molecule is O=C(Cc1cccnc1)N[C@@H]1CC[C@H](C(=O)N[C@H](c2c(F)ccc(Cl)c2F)C23CCC(CC2)C3)C1. The van der Waals surface area contributed by atoms with Crippen LogP contribution in [0.15, 0.2) is 36.7 Å². The Kier molecular flexibility index (Phi) is 6.80. The second kappa shape index (κ2) is 9.84. The average molecular weight is 502 g/mol. The molecule has 1 aromatic carbocycles. The third-order valence-corrected chi connectivity index (χ3v) is 8.61. The van der Waals surface area contributed by atoms with E-state index in [4.69, 9.17) is 11.6 Å². The van der Waals surface area contributed by atoms with E-state index in [1.165, 1.54) is 12.1 Å². The highest BCUT2D eigenvalue weighted by atomic mass is 35.5. The fourth-order valence-corrected chi connectivity index (χ4v) is 6.72. The van der Waals surface area contributed by atoms with E-state index in [1.807, 2.05) is 6.07 Å². The highest BCUT2D eigenvalue weighted by Crippen LogP contribution is 2.60. The Hall–Kier alpha value is -2.54. The maximum absolute atomic E-state index is 15.1. The smallest absolute Gasteiger partial charge is 0.224 e. The molecule has 5 rings (SSSR count). The Morgan fingerprint density at radius 2 is 1.94 bits per heavy atom. The van der Waals surface area contributed by atoms with Gasteiger partial charge in [-0.05, 0) is 86.5 Å². The van der Waals surface area contributed by atoms with Gasteiger partial charge in [0, 0.05) is 29.9 Å². The minimum absolute atomic E-state index is 0.103. The number of nitrogens with zero attached hydrogens (tertiary/aromatic N) is 1. The van der Waals surface area contributed by atoms with E-state index in [1.54, 1.807) is 18.5 Å². The van der Waals surface area contributed by atoms with Crippen molar-refractivity contribution in [3.05, 3.63) is 64.4 Å². The second-order valence-corrected chi connectivity index (χ2v) is 10.9. The molecule has 3 aliphatic rings. The number of rotatable bonds is 7. The van der Waals surface area contributed by atoms with Gasteiger partial charge in [0.25, 0.3) is 0 Å². The normalized spacial score (nSPS) is 28.1. The third kappa shape index (κ3) is 4.92. The summed E-state index contributed by atoms with van der Waals surface area (Å²) >= 11 is 6.03. The van der Waals surface area contributed by atoms with E-state index in [9.17, 15) is 14.0 Å². The van der Waals surface area contributed by atoms with Gasteiger partial charge >= 0.3 is 0 Å². The van der Waals surface area contributed by atoms with Gasteiger partial charge in [-0.2, -0.15) is 0 Å². The van der Waals surface area contributed by atoms with Crippen molar-refractivity contribution in [3.63, 3.8) is 0 Å². The molecule has 0 radical (unpaired) electrons. The molecule has 3 atom stereocenters. The van der Waals surface area contributed by atoms with Crippen molar-refractivity contribution in [1.82, 2.24) is 15.6 Å². The summed E-state index contributed by atoms with van der Waals surface area (Å²) in [5.41, 5.74) is 0.368. The molecular formula is C27H30ClF2N3O2. The summed E-state index contributed by atoms with van der Waals surface area (Å²) in [6.45, 7) is 0. The van der Waals surface area contributed by atoms with Gasteiger partial charge in [-0.1, -0.05) is 17.7 Å². The van der Waals surface area contributed by atoms with Crippen LogP contribution in [0.3, 0.4) is 0 Å². The second-order valence-electron chi connectivity index (χ2n) is 10.5. The lowest BCUT2D eigenvalue weighted by Crippen LogP contribution is -2.43. The molecule has 2 bridgehead atoms. The molecule has 2 aromatic rings. The van der Waals surface area contributed by atoms with Gasteiger partial charge in [-0.3, -0.25) is 14.6 Å². The average Bonchev–Trinajstić information content (AvgIpc) is 3.59. The Morgan fingerprint density at radius 1 is 1.14 bits per heavy atom. The van der Waals surface area contributed by atoms with Crippen molar-refractivity contribution in [2.75, 3.05) is 0 Å². The summed E-state index contributed by atoms with van der Waals surface area (Å²) in [6, 6.07) is 5.18. The van der Waals surface area contributed by atoms with E-state index < -0.39 is 17.7 Å². The zero-order valence-electron chi connectivity index (χ0n) is 19.5. The van der Waals surface area contributed by atoms with Crippen LogP contribution in [0, 0.1) is 28.9 Å². The number of carbonyl (C=O) groups is 2. The lowest BCUT2D eigenvalue weighted by atomic mass is 9.74. The van der Waals surface area contributed by atoms with Crippen LogP contribution in [-0.4, -0.2) is 22.8 Å². The van der Waals surface area contributed by atoms with E-state index in [0.29, 0.717) is 25.2 Å². The van der Waals surface area contributed by atoms with E-state index in [-0.39, 0.29) is 46.2 Å². The van der Waals surface area contributed by atoms with E-state index >= 15 is 4.39 Å². The summed E-state index contributed by atoms with van der Waals surface area (Å²) < 4.78 is 30.1. The largest absolute Gasteiger partial charge is 0.353 e. The van der Waals surface area contributed by atoms with Crippen LogP contribution in [0.1, 0.15) is 68.5 Å². The zero-order valence-corrected chi connectivity index (χ0v) is 20.3. The molecule has 0 spiro atoms. The van der Waals surface area contributed by atoms with Crippen LogP contribution in [0.4, 0.5) is 8.78 Å². The van der Waals surface area contributed by atoms with Crippen molar-refractivity contribution >= 4 is 23.4 Å². The molecule has 5 nitrogen and oxygen atoms in total. The van der Waals surface area contributed by atoms with Gasteiger partial charge in [0.15, 0.2) is 0 Å². The number of carbonyl (C=O) groups excluding carboxylic acids is 2. The Morgan fingerprint density at radius 3 is 2.63 bits per heavy atom. The van der Waals surface area contributed by atoms with E-state index in [2.05, 4.69) is 15.6 Å². The zero-order chi connectivity index (χ0) is 24.6. The Bertz CT molecular complexity index is 1110. The number of amides is 2. The Labute approximate surface area is 209 Å². The molecule has 3 fully saturated rings. The van der Waals surface area contributed by atoms with Crippen LogP contribution in [-0.2, 0) is 16.0 Å². The summed E-state index contributed by atoms with van der Waals surface area (Å²) in [6.07, 6.45) is 9.95. The predicted molar refractivity (Wildman–Crippen MR) is 128 cm³/mol. The predicted octanol–water partition coefficient (Wildman–Crippen LogP) is 5.28. The minimum atomic E-state index is -0.784. The molecular weight excluding hydrogens is 472 g/mol. The van der Waals surface area contributed by atoms with Crippen molar-refractivity contribution in [2.45, 2.75) is 69.9 Å². The fourth-order valence-electron chi connectivity index (χ4n) is 6.56. The first-order valence-electron chi connectivity index (χ1n) is 12.5. The lowest BCUT2D eigenvalue weighted by molar-refractivity contribution is -0.127. The number of fused-ring (bicyclic) bond motifs is 2. The van der Waals surface area contributed by atoms with Crippen molar-refractivity contribution < 1.29 is 18.4 Å². The topological polar surface area (TPSA) is 71.1 Å². The minimum Gasteiger partial charge on any atom is -0.353 e. The standard InChI is InChI=1S/C27H30ClF2N3O2/c28-20-5-6-21(29)23(24(20)30)25(27-9-7-16(14-27)8-10-27)33-26(35)18-3-4-19(13-18)32-22(34)12-17-2-1-11-31-15-17/h1-2,5-6,11,15-16,18-19,25H,3-4,7-10,12-14H2,(H,32,34)(H,33,35)/t16?,18-,19+,25+,27?/m0/s1. The number of aromatic nitrogens is 1. The molecule has 1 aromatic heterocycles. The quantitative estimate of drug-likeness (QED) is 0.507. The molecule has 2 amide bonds. The molecule has 8 heteroatoms. The van der Waals surface area contributed by atoms with Crippen LogP contribution in [0.25, 0.3) is 0 Å². The molecule has 1 heterocycles. The molecule has 0 aliphatic heterocycles. The number of pyridine rings is 1. The van der Waals surface area contributed by atoms with Crippen molar-refractivity contribution in [3.8, 4) is 0 Å². The van der Waals surface area contributed by atoms with E-state index in [0.717, 1.165) is 37.7 Å². The fraction of sp³-hybridized carbons (Fsp3) is 0.519. The summed E-state index contributed by atoms with van der Waals surface area (Å²) in [7, 11) is 0. The number of hydrogen-bond acceptors (Lipinski definition) is 3. The first-order chi connectivity index (χ1) is 16.8. The summed E-state index contributed by atoms with van der Waals surface area (Å²) in [4.78, 5) is 29.8. The molecule has 3 aliphatic carbocycles. The maximum Gasteiger partial charge on any atom is 0.224 e. The summed E-state index contributed by atoms with van der Waals surface area (Å²) in [5, 5.41) is 5.94. The number of halogens is 3. The first kappa shape index (κ1) is 24.2. The van der Waals surface area contributed by atoms with Gasteiger partial charge in [0.05, 0.1) is 17.5 Å². The molecule has 0 unspecified atom stereocenters. The highest BCUT2D eigenvalue weighted by Gasteiger charge is 2.52. The van der Waals surface area contributed by atoms with Gasteiger partial charge in [0.2, 0.25) is 11.8 Å². The third-order valence-electron chi connectivity index (χ3n) is 8.32. The van der Waals surface area contributed by atoms with Crippen LogP contribution >= 0.6 is 11.6 Å². The molecule has 35 heavy (non-hydrogen) atoms. The maximum atomic E-state index is 15.1. The van der Waals surface area contributed by atoms with Crippen molar-refractivity contribution in [2.24, 2.45) is 17.3 Å². The Balaban J connectivity index is 1.28. The van der Waals surface area contributed by atoms with Crippen LogP contribution in [0.5, 0.6) is 0 Å². The monoisotopic (exact) mass is 501 g/mol. The summed E-state index contributed by atoms with van der Waals surface area (Å²) in [5.74, 6) is -1.54. The van der Waals surface area contributed by atoms with Crippen molar-refractivity contribution in [1.29, 1.82) is 0 Å². The molecule has 0 saturated heterocycles. The number of benzene rings is 1. The van der Waals surface area contributed by atoms with Gasteiger partial charge in [-0.25, -0.2) is 8.78 Å². The molecule has 3 saturated carbocycles. The molecule has 186 valence electrons. The first-order valence-corrected chi connectivity index (χ1v) is 12.8. The lowest BCUT2D eigenvalue weighted by Gasteiger charge is -2.38. The van der Waals surface area contributed by atoms with Gasteiger partial charge in [-0.15, -0.1) is 0 Å².